The first-order valence-corrected chi connectivity index (χ1v) is 6.26. The van der Waals surface area contributed by atoms with Crippen LogP contribution in [-0.2, 0) is 22.1 Å². The molecule has 1 aliphatic rings. The highest BCUT2D eigenvalue weighted by atomic mass is 19.4. The van der Waals surface area contributed by atoms with Gasteiger partial charge in [-0.1, -0.05) is 0 Å². The fourth-order valence-corrected chi connectivity index (χ4v) is 2.44. The number of carbonyl (C=O) groups is 1. The highest BCUT2D eigenvalue weighted by Crippen LogP contribution is 2.39. The number of nitrogens with zero attached hydrogens (tertiary/aromatic N) is 1. The van der Waals surface area contributed by atoms with E-state index in [1.807, 2.05) is 5.10 Å². The lowest BCUT2D eigenvalue weighted by molar-refractivity contribution is -0.141. The zero-order chi connectivity index (χ0) is 15.8. The summed E-state index contributed by atoms with van der Waals surface area (Å²) in [5.74, 6) is -1.06. The maximum absolute atomic E-state index is 12.9. The molecular formula is C12H13F3N2O4. The summed E-state index contributed by atoms with van der Waals surface area (Å²) in [6.45, 7) is 1.52. The van der Waals surface area contributed by atoms with Gasteiger partial charge >= 0.3 is 12.1 Å². The molecule has 0 bridgehead atoms. The Labute approximate surface area is 116 Å². The Bertz CT molecular complexity index is 612. The minimum atomic E-state index is -4.76. The smallest absolute Gasteiger partial charge is 0.422 e. The number of aliphatic carboxylic acids is 1. The average molecular weight is 306 g/mol. The molecule has 1 heterocycles. The highest BCUT2D eigenvalue weighted by Gasteiger charge is 2.41. The van der Waals surface area contributed by atoms with E-state index in [-0.39, 0.29) is 30.5 Å². The van der Waals surface area contributed by atoms with E-state index in [2.05, 4.69) is 5.10 Å². The van der Waals surface area contributed by atoms with Crippen LogP contribution in [0.2, 0.25) is 0 Å². The quantitative estimate of drug-likeness (QED) is 0.882. The van der Waals surface area contributed by atoms with Gasteiger partial charge in [0.15, 0.2) is 0 Å². The van der Waals surface area contributed by atoms with Gasteiger partial charge < -0.3 is 9.84 Å². The van der Waals surface area contributed by atoms with Crippen LogP contribution < -0.4 is 5.56 Å². The van der Waals surface area contributed by atoms with Crippen LogP contribution in [0.25, 0.3) is 0 Å². The SMILES string of the molecule is CC(CC(=O)O)OC1CCc2c1n[nH]c(=O)c2C(F)(F)F. The minimum Gasteiger partial charge on any atom is -0.481 e. The number of rotatable bonds is 4. The Morgan fingerprint density at radius 3 is 2.81 bits per heavy atom. The molecule has 0 aromatic carbocycles. The number of carboxylic acid groups (broad SMARTS) is 1. The molecule has 116 valence electrons. The van der Waals surface area contributed by atoms with Gasteiger partial charge in [0, 0.05) is 0 Å². The van der Waals surface area contributed by atoms with E-state index in [1.165, 1.54) is 6.92 Å². The van der Waals surface area contributed by atoms with Crippen LogP contribution in [0.5, 0.6) is 0 Å². The molecule has 1 aromatic rings. The van der Waals surface area contributed by atoms with E-state index in [0.717, 1.165) is 0 Å². The molecule has 0 saturated carbocycles. The van der Waals surface area contributed by atoms with Crippen LogP contribution in [0.1, 0.15) is 42.7 Å². The minimum absolute atomic E-state index is 0.0194. The molecule has 0 spiro atoms. The molecule has 9 heteroatoms. The van der Waals surface area contributed by atoms with Crippen molar-refractivity contribution in [1.82, 2.24) is 10.2 Å². The van der Waals surface area contributed by atoms with Crippen LogP contribution in [0, 0.1) is 0 Å². The van der Waals surface area contributed by atoms with Gasteiger partial charge in [0.2, 0.25) is 0 Å². The van der Waals surface area contributed by atoms with Crippen LogP contribution in [0.3, 0.4) is 0 Å². The van der Waals surface area contributed by atoms with E-state index in [1.54, 1.807) is 0 Å². The highest BCUT2D eigenvalue weighted by molar-refractivity contribution is 5.67. The standard InChI is InChI=1S/C12H13F3N2O4/c1-5(4-8(18)19)21-7-3-2-6-9(12(13,14)15)11(20)17-16-10(6)7/h5,7H,2-4H2,1H3,(H,17,20)(H,18,19). The van der Waals surface area contributed by atoms with Gasteiger partial charge in [0.05, 0.1) is 18.2 Å². The number of carboxylic acids is 1. The van der Waals surface area contributed by atoms with Crippen molar-refractivity contribution in [2.75, 3.05) is 0 Å². The second-order valence-electron chi connectivity index (χ2n) is 4.86. The number of hydrogen-bond acceptors (Lipinski definition) is 4. The molecule has 0 aliphatic heterocycles. The lowest BCUT2D eigenvalue weighted by Crippen LogP contribution is -2.26. The number of ether oxygens (including phenoxy) is 1. The number of aromatic amines is 1. The van der Waals surface area contributed by atoms with Crippen molar-refractivity contribution in [3.05, 3.63) is 27.2 Å². The molecule has 2 atom stereocenters. The van der Waals surface area contributed by atoms with Gasteiger partial charge in [-0.2, -0.15) is 18.3 Å². The number of alkyl halides is 3. The third-order valence-corrected chi connectivity index (χ3v) is 3.22. The van der Waals surface area contributed by atoms with Crippen molar-refractivity contribution in [3.63, 3.8) is 0 Å². The number of H-pyrrole nitrogens is 1. The first kappa shape index (κ1) is 15.5. The Balaban J connectivity index is 2.29. The van der Waals surface area contributed by atoms with Crippen LogP contribution in [0.4, 0.5) is 13.2 Å². The molecule has 0 fully saturated rings. The van der Waals surface area contributed by atoms with E-state index >= 15 is 0 Å². The van der Waals surface area contributed by atoms with E-state index in [4.69, 9.17) is 9.84 Å². The van der Waals surface area contributed by atoms with Gasteiger partial charge in [0.1, 0.15) is 11.7 Å². The molecule has 21 heavy (non-hydrogen) atoms. The zero-order valence-corrected chi connectivity index (χ0v) is 11.0. The van der Waals surface area contributed by atoms with Crippen LogP contribution in [0.15, 0.2) is 4.79 Å². The summed E-state index contributed by atoms with van der Waals surface area (Å²) in [6.07, 6.45) is -6.18. The maximum Gasteiger partial charge on any atom is 0.422 e. The first-order chi connectivity index (χ1) is 9.70. The fourth-order valence-electron chi connectivity index (χ4n) is 2.44. The normalized spacial score (nSPS) is 19.3. The van der Waals surface area contributed by atoms with Crippen molar-refractivity contribution >= 4 is 5.97 Å². The molecule has 2 unspecified atom stereocenters. The molecule has 2 rings (SSSR count). The van der Waals surface area contributed by atoms with Gasteiger partial charge in [-0.25, -0.2) is 5.10 Å². The number of halogens is 3. The van der Waals surface area contributed by atoms with Gasteiger partial charge in [-0.3, -0.25) is 9.59 Å². The van der Waals surface area contributed by atoms with Crippen molar-refractivity contribution in [2.45, 2.75) is 44.6 Å². The van der Waals surface area contributed by atoms with Crippen molar-refractivity contribution in [1.29, 1.82) is 0 Å². The summed E-state index contributed by atoms with van der Waals surface area (Å²) in [5.41, 5.74) is -2.66. The van der Waals surface area contributed by atoms with Gasteiger partial charge in [-0.15, -0.1) is 0 Å². The molecule has 0 saturated heterocycles. The second kappa shape index (κ2) is 5.47. The fraction of sp³-hybridized carbons (Fsp3) is 0.583. The Kier molecular flexibility index (Phi) is 4.04. The van der Waals surface area contributed by atoms with Crippen molar-refractivity contribution in [3.8, 4) is 0 Å². The number of aromatic nitrogens is 2. The van der Waals surface area contributed by atoms with Crippen molar-refractivity contribution < 1.29 is 27.8 Å². The molecule has 1 aliphatic carbocycles. The average Bonchev–Trinajstić information content (AvgIpc) is 2.68. The van der Waals surface area contributed by atoms with Crippen molar-refractivity contribution in [2.24, 2.45) is 0 Å². The Hall–Kier alpha value is -1.90. The molecule has 6 nitrogen and oxygen atoms in total. The van der Waals surface area contributed by atoms with E-state index < -0.39 is 35.5 Å². The summed E-state index contributed by atoms with van der Waals surface area (Å²) in [5, 5.41) is 14.1. The first-order valence-electron chi connectivity index (χ1n) is 6.26. The third-order valence-electron chi connectivity index (χ3n) is 3.22. The molecule has 1 aromatic heterocycles. The number of nitrogens with one attached hydrogen (secondary N) is 1. The van der Waals surface area contributed by atoms with Crippen LogP contribution >= 0.6 is 0 Å². The topological polar surface area (TPSA) is 92.3 Å². The number of fused-ring (bicyclic) bond motifs is 1. The summed E-state index contributed by atoms with van der Waals surface area (Å²) < 4.78 is 44.1. The number of hydrogen-bond donors (Lipinski definition) is 2. The van der Waals surface area contributed by atoms with E-state index in [9.17, 15) is 22.8 Å². The predicted octanol–water partition coefficient (Wildman–Crippen LogP) is 1.66. The third kappa shape index (κ3) is 3.23. The summed E-state index contributed by atoms with van der Waals surface area (Å²) in [7, 11) is 0. The maximum atomic E-state index is 12.9. The summed E-state index contributed by atoms with van der Waals surface area (Å²) in [4.78, 5) is 21.9. The summed E-state index contributed by atoms with van der Waals surface area (Å²) in [6, 6.07) is 0. The molecular weight excluding hydrogens is 293 g/mol. The summed E-state index contributed by atoms with van der Waals surface area (Å²) >= 11 is 0. The largest absolute Gasteiger partial charge is 0.481 e. The van der Waals surface area contributed by atoms with Gasteiger partial charge in [-0.05, 0) is 25.3 Å². The predicted molar refractivity (Wildman–Crippen MR) is 63.7 cm³/mol. The Morgan fingerprint density at radius 1 is 1.57 bits per heavy atom. The lowest BCUT2D eigenvalue weighted by atomic mass is 10.1. The van der Waals surface area contributed by atoms with Gasteiger partial charge in [0.25, 0.3) is 5.56 Å². The monoisotopic (exact) mass is 306 g/mol. The molecule has 2 N–H and O–H groups in total. The zero-order valence-electron chi connectivity index (χ0n) is 11.0. The van der Waals surface area contributed by atoms with Crippen LogP contribution in [-0.4, -0.2) is 27.4 Å². The van der Waals surface area contributed by atoms with E-state index in [0.29, 0.717) is 0 Å². The molecule has 0 radical (unpaired) electrons. The second-order valence-corrected chi connectivity index (χ2v) is 4.86. The Morgan fingerprint density at radius 2 is 2.24 bits per heavy atom. The molecule has 0 amide bonds. The lowest BCUT2D eigenvalue weighted by Gasteiger charge is -2.17.